The first-order valence-electron chi connectivity index (χ1n) is 8.99. The van der Waals surface area contributed by atoms with E-state index < -0.39 is 5.54 Å². The zero-order valence-electron chi connectivity index (χ0n) is 15.7. The smallest absolute Gasteiger partial charge is 0.234 e. The Morgan fingerprint density at radius 3 is 2.62 bits per heavy atom. The summed E-state index contributed by atoms with van der Waals surface area (Å²) in [5, 5.41) is 14.2. The van der Waals surface area contributed by atoms with Crippen LogP contribution in [0.4, 0.5) is 0 Å². The van der Waals surface area contributed by atoms with Gasteiger partial charge in [-0.25, -0.2) is 9.97 Å². The van der Waals surface area contributed by atoms with Crippen LogP contribution in [-0.4, -0.2) is 26.7 Å². The monoisotopic (exact) mass is 388 g/mol. The lowest BCUT2D eigenvalue weighted by atomic mass is 9.83. The number of amides is 1. The molecule has 1 amide bonds. The number of thioether (sulfide) groups is 1. The summed E-state index contributed by atoms with van der Waals surface area (Å²) >= 11 is 3.12. The summed E-state index contributed by atoms with van der Waals surface area (Å²) in [5.74, 6) is 0.627. The molecule has 1 saturated carbocycles. The molecule has 5 nitrogen and oxygen atoms in total. The Bertz CT molecular complexity index is 878. The lowest BCUT2D eigenvalue weighted by molar-refractivity contribution is -0.121. The molecule has 0 aliphatic heterocycles. The number of carbonyl (C=O) groups excluding carboxylic acids is 1. The number of rotatable bonds is 4. The fraction of sp³-hybridized carbons (Fsp3) is 0.579. The van der Waals surface area contributed by atoms with Crippen molar-refractivity contribution in [2.75, 3.05) is 0 Å². The second-order valence-electron chi connectivity index (χ2n) is 7.04. The lowest BCUT2D eigenvalue weighted by Gasteiger charge is -2.32. The van der Waals surface area contributed by atoms with Gasteiger partial charge < -0.3 is 5.32 Å². The molecular weight excluding hydrogens is 364 g/mol. The third kappa shape index (κ3) is 3.72. The highest BCUT2D eigenvalue weighted by molar-refractivity contribution is 8.00. The van der Waals surface area contributed by atoms with Crippen LogP contribution in [0, 0.1) is 32.1 Å². The third-order valence-electron chi connectivity index (χ3n) is 5.05. The van der Waals surface area contributed by atoms with E-state index in [4.69, 9.17) is 0 Å². The SMILES string of the molecule is Cc1nc(S[C@H](C)C(=O)NC2(C#N)CCCCC2)c2c(C)c(C)sc2n1. The summed E-state index contributed by atoms with van der Waals surface area (Å²) < 4.78 is 0. The second-order valence-corrected chi connectivity index (χ2v) is 9.58. The molecule has 2 heterocycles. The molecule has 1 fully saturated rings. The van der Waals surface area contributed by atoms with E-state index in [0.29, 0.717) is 0 Å². The van der Waals surface area contributed by atoms with Crippen LogP contribution in [0.5, 0.6) is 0 Å². The van der Waals surface area contributed by atoms with E-state index in [2.05, 4.69) is 35.2 Å². The van der Waals surface area contributed by atoms with E-state index >= 15 is 0 Å². The fourth-order valence-corrected chi connectivity index (χ4v) is 5.57. The topological polar surface area (TPSA) is 78.7 Å². The number of aromatic nitrogens is 2. The molecule has 0 spiro atoms. The van der Waals surface area contributed by atoms with Gasteiger partial charge in [0.2, 0.25) is 5.91 Å². The van der Waals surface area contributed by atoms with Gasteiger partial charge in [0, 0.05) is 10.3 Å². The number of aryl methyl sites for hydroxylation is 3. The quantitative estimate of drug-likeness (QED) is 0.619. The number of fused-ring (bicyclic) bond motifs is 1. The van der Waals surface area contributed by atoms with E-state index in [1.54, 1.807) is 11.3 Å². The molecule has 2 aromatic rings. The first-order valence-corrected chi connectivity index (χ1v) is 10.7. The molecule has 138 valence electrons. The average Bonchev–Trinajstić information content (AvgIpc) is 2.89. The first kappa shape index (κ1) is 19.1. The highest BCUT2D eigenvalue weighted by Crippen LogP contribution is 2.37. The average molecular weight is 389 g/mol. The maximum atomic E-state index is 12.8. The number of hydrogen-bond acceptors (Lipinski definition) is 6. The maximum absolute atomic E-state index is 12.8. The number of hydrogen-bond donors (Lipinski definition) is 1. The van der Waals surface area contributed by atoms with Gasteiger partial charge in [0.1, 0.15) is 21.2 Å². The van der Waals surface area contributed by atoms with Crippen LogP contribution in [0.15, 0.2) is 5.03 Å². The molecule has 1 aliphatic rings. The number of nitrogens with one attached hydrogen (secondary N) is 1. The lowest BCUT2D eigenvalue weighted by Crippen LogP contribution is -2.50. The number of nitrogens with zero attached hydrogens (tertiary/aromatic N) is 3. The molecule has 1 atom stereocenters. The van der Waals surface area contributed by atoms with Crippen molar-refractivity contribution < 1.29 is 4.79 Å². The van der Waals surface area contributed by atoms with Crippen LogP contribution in [0.25, 0.3) is 10.2 Å². The Labute approximate surface area is 162 Å². The minimum absolute atomic E-state index is 0.0903. The van der Waals surface area contributed by atoms with E-state index in [0.717, 1.165) is 53.2 Å². The molecule has 0 saturated heterocycles. The fourth-order valence-electron chi connectivity index (χ4n) is 3.38. The van der Waals surface area contributed by atoms with Crippen LogP contribution in [0.2, 0.25) is 0 Å². The Kier molecular flexibility index (Phi) is 5.54. The Balaban J connectivity index is 1.81. The zero-order chi connectivity index (χ0) is 18.9. The first-order chi connectivity index (χ1) is 12.3. The number of nitriles is 1. The normalized spacial score (nSPS) is 17.7. The van der Waals surface area contributed by atoms with Crippen LogP contribution in [0.1, 0.15) is 55.3 Å². The van der Waals surface area contributed by atoms with Gasteiger partial charge in [-0.1, -0.05) is 31.0 Å². The maximum Gasteiger partial charge on any atom is 0.234 e. The van der Waals surface area contributed by atoms with Gasteiger partial charge in [-0.15, -0.1) is 11.3 Å². The molecule has 2 aromatic heterocycles. The summed E-state index contributed by atoms with van der Waals surface area (Å²) in [4.78, 5) is 24.1. The van der Waals surface area contributed by atoms with Gasteiger partial charge in [-0.05, 0) is 46.1 Å². The van der Waals surface area contributed by atoms with Gasteiger partial charge in [0.05, 0.1) is 11.3 Å². The minimum Gasteiger partial charge on any atom is -0.337 e. The van der Waals surface area contributed by atoms with Gasteiger partial charge in [-0.2, -0.15) is 5.26 Å². The largest absolute Gasteiger partial charge is 0.337 e. The number of carbonyl (C=O) groups is 1. The van der Waals surface area contributed by atoms with E-state index in [1.807, 2.05) is 13.8 Å². The molecule has 7 heteroatoms. The van der Waals surface area contributed by atoms with Gasteiger partial charge in [0.15, 0.2) is 0 Å². The van der Waals surface area contributed by atoms with Crippen molar-refractivity contribution in [3.63, 3.8) is 0 Å². The summed E-state index contributed by atoms with van der Waals surface area (Å²) in [6.07, 6.45) is 4.61. The molecule has 0 radical (unpaired) electrons. The van der Waals surface area contributed by atoms with Crippen molar-refractivity contribution in [3.8, 4) is 6.07 Å². The van der Waals surface area contributed by atoms with Crippen molar-refractivity contribution in [3.05, 3.63) is 16.3 Å². The summed E-state index contributed by atoms with van der Waals surface area (Å²) in [7, 11) is 0. The Morgan fingerprint density at radius 1 is 1.27 bits per heavy atom. The molecule has 0 aromatic carbocycles. The predicted octanol–water partition coefficient (Wildman–Crippen LogP) is 4.44. The van der Waals surface area contributed by atoms with Crippen molar-refractivity contribution in [1.29, 1.82) is 5.26 Å². The minimum atomic E-state index is -0.698. The third-order valence-corrected chi connectivity index (χ3v) is 7.24. The molecular formula is C19H24N4OS2. The van der Waals surface area contributed by atoms with Crippen molar-refractivity contribution >= 4 is 39.2 Å². The van der Waals surface area contributed by atoms with E-state index in [9.17, 15) is 10.1 Å². The Hall–Kier alpha value is -1.65. The Morgan fingerprint density at radius 2 is 1.96 bits per heavy atom. The van der Waals surface area contributed by atoms with E-state index in [1.165, 1.54) is 22.2 Å². The van der Waals surface area contributed by atoms with Gasteiger partial charge in [0.25, 0.3) is 0 Å². The molecule has 26 heavy (non-hydrogen) atoms. The molecule has 1 aliphatic carbocycles. The summed E-state index contributed by atoms with van der Waals surface area (Å²) in [6.45, 7) is 7.92. The molecule has 1 N–H and O–H groups in total. The van der Waals surface area contributed by atoms with Crippen LogP contribution < -0.4 is 5.32 Å². The van der Waals surface area contributed by atoms with Gasteiger partial charge in [-0.3, -0.25) is 4.79 Å². The van der Waals surface area contributed by atoms with Crippen molar-refractivity contribution in [1.82, 2.24) is 15.3 Å². The standard InChI is InChI=1S/C19H24N4OS2/c1-11-12(2)25-17-15(11)18(22-14(4)21-17)26-13(3)16(24)23-19(10-20)8-6-5-7-9-19/h13H,5-9H2,1-4H3,(H,23,24)/t13-/m1/s1. The highest BCUT2D eigenvalue weighted by atomic mass is 32.2. The van der Waals surface area contributed by atoms with Crippen molar-refractivity contribution in [2.24, 2.45) is 0 Å². The van der Waals surface area contributed by atoms with E-state index in [-0.39, 0.29) is 11.2 Å². The zero-order valence-corrected chi connectivity index (χ0v) is 17.3. The highest BCUT2D eigenvalue weighted by Gasteiger charge is 2.35. The van der Waals surface area contributed by atoms with Gasteiger partial charge >= 0.3 is 0 Å². The molecule has 3 rings (SSSR count). The van der Waals surface area contributed by atoms with Crippen LogP contribution >= 0.6 is 23.1 Å². The van der Waals surface area contributed by atoms with Crippen LogP contribution in [0.3, 0.4) is 0 Å². The molecule has 0 unspecified atom stereocenters. The second kappa shape index (κ2) is 7.53. The van der Waals surface area contributed by atoms with Crippen molar-refractivity contribution in [2.45, 2.75) is 75.6 Å². The predicted molar refractivity (Wildman–Crippen MR) is 107 cm³/mol. The molecule has 0 bridgehead atoms. The summed E-state index contributed by atoms with van der Waals surface area (Å²) in [5.41, 5.74) is 0.483. The van der Waals surface area contributed by atoms with Crippen LogP contribution in [-0.2, 0) is 4.79 Å². The summed E-state index contributed by atoms with van der Waals surface area (Å²) in [6, 6.07) is 2.35. The number of thiophene rings is 1.